The minimum Gasteiger partial charge on any atom is -0.433 e. The van der Waals surface area contributed by atoms with Gasteiger partial charge < -0.3 is 4.74 Å². The lowest BCUT2D eigenvalue weighted by molar-refractivity contribution is -0.0493. The lowest BCUT2D eigenvalue weighted by Crippen LogP contribution is -2.15. The molecule has 1 N–H and O–H groups in total. The molecule has 0 aliphatic heterocycles. The van der Waals surface area contributed by atoms with Gasteiger partial charge in [0.1, 0.15) is 10.6 Å². The highest BCUT2D eigenvalue weighted by Crippen LogP contribution is 2.30. The molecule has 0 radical (unpaired) electrons. The largest absolute Gasteiger partial charge is 0.433 e. The monoisotopic (exact) mass is 331 g/mol. The Morgan fingerprint density at radius 1 is 1.32 bits per heavy atom. The Kier molecular flexibility index (Phi) is 4.36. The molecule has 0 spiro atoms. The lowest BCUT2D eigenvalue weighted by atomic mass is 10.2. The summed E-state index contributed by atoms with van der Waals surface area (Å²) >= 11 is 0. The number of halogens is 2. The van der Waals surface area contributed by atoms with Crippen molar-refractivity contribution in [3.63, 3.8) is 0 Å². The summed E-state index contributed by atoms with van der Waals surface area (Å²) in [5, 5.41) is 3.86. The number of ether oxygens (including phenoxy) is 1. The molecule has 120 valence electrons. The van der Waals surface area contributed by atoms with Crippen molar-refractivity contribution in [2.45, 2.75) is 25.4 Å². The van der Waals surface area contributed by atoms with Crippen LogP contribution in [0.3, 0.4) is 0 Å². The minimum atomic E-state index is -3.95. The molecule has 2 aromatic rings. The first-order valence-electron chi connectivity index (χ1n) is 6.27. The molecule has 0 bridgehead atoms. The van der Waals surface area contributed by atoms with Crippen LogP contribution in [0.25, 0.3) is 0 Å². The number of anilines is 1. The number of alkyl halides is 2. The highest BCUT2D eigenvalue weighted by molar-refractivity contribution is 7.92. The second kappa shape index (κ2) is 5.91. The van der Waals surface area contributed by atoms with Gasteiger partial charge in [-0.3, -0.25) is 9.40 Å². The number of aromatic nitrogens is 2. The van der Waals surface area contributed by atoms with Crippen molar-refractivity contribution in [1.82, 2.24) is 9.78 Å². The summed E-state index contributed by atoms with van der Waals surface area (Å²) < 4.78 is 57.6. The van der Waals surface area contributed by atoms with Crippen LogP contribution in [0.4, 0.5) is 14.5 Å². The third-order valence-corrected chi connectivity index (χ3v) is 4.55. The van der Waals surface area contributed by atoms with Crippen molar-refractivity contribution in [3.8, 4) is 5.75 Å². The fraction of sp³-hybridized carbons (Fsp3) is 0.308. The molecule has 9 heteroatoms. The van der Waals surface area contributed by atoms with Gasteiger partial charge in [0.2, 0.25) is 0 Å². The van der Waals surface area contributed by atoms with E-state index in [4.69, 9.17) is 0 Å². The van der Waals surface area contributed by atoms with E-state index in [9.17, 15) is 17.2 Å². The van der Waals surface area contributed by atoms with Gasteiger partial charge in [0.05, 0.1) is 17.6 Å². The average Bonchev–Trinajstić information content (AvgIpc) is 2.73. The highest BCUT2D eigenvalue weighted by Gasteiger charge is 2.22. The second-order valence-corrected chi connectivity index (χ2v) is 6.35. The van der Waals surface area contributed by atoms with Crippen molar-refractivity contribution in [1.29, 1.82) is 0 Å². The van der Waals surface area contributed by atoms with Crippen LogP contribution in [0.5, 0.6) is 5.75 Å². The summed E-state index contributed by atoms with van der Waals surface area (Å²) in [5.41, 5.74) is 1.03. The first kappa shape index (κ1) is 16.2. The van der Waals surface area contributed by atoms with Gasteiger partial charge in [-0.2, -0.15) is 13.9 Å². The minimum absolute atomic E-state index is 0.0291. The summed E-state index contributed by atoms with van der Waals surface area (Å²) in [7, 11) is -2.35. The summed E-state index contributed by atoms with van der Waals surface area (Å²) in [4.78, 5) is -0.0291. The number of aryl methyl sites for hydroxylation is 2. The molecule has 2 rings (SSSR count). The van der Waals surface area contributed by atoms with Gasteiger partial charge in [-0.15, -0.1) is 0 Å². The fourth-order valence-electron chi connectivity index (χ4n) is 1.85. The van der Waals surface area contributed by atoms with E-state index in [1.807, 2.05) is 0 Å². The molecule has 0 atom stereocenters. The van der Waals surface area contributed by atoms with Crippen molar-refractivity contribution in [2.24, 2.45) is 7.05 Å². The third-order valence-electron chi connectivity index (χ3n) is 3.08. The number of benzene rings is 1. The molecule has 0 unspecified atom stereocenters. The molecular weight excluding hydrogens is 316 g/mol. The molecule has 0 aliphatic rings. The molecule has 0 aliphatic carbocycles. The highest BCUT2D eigenvalue weighted by atomic mass is 32.2. The van der Waals surface area contributed by atoms with Crippen molar-refractivity contribution in [2.75, 3.05) is 4.72 Å². The number of sulfonamides is 1. The van der Waals surface area contributed by atoms with Gasteiger partial charge in [0.25, 0.3) is 10.0 Å². The van der Waals surface area contributed by atoms with Gasteiger partial charge in [-0.1, -0.05) is 6.07 Å². The van der Waals surface area contributed by atoms with Crippen LogP contribution in [0, 0.1) is 13.8 Å². The summed E-state index contributed by atoms with van der Waals surface area (Å²) in [6, 6.07) is 4.29. The Morgan fingerprint density at radius 3 is 2.55 bits per heavy atom. The van der Waals surface area contributed by atoms with Gasteiger partial charge >= 0.3 is 6.61 Å². The van der Waals surface area contributed by atoms with Gasteiger partial charge in [-0.05, 0) is 31.5 Å². The first-order valence-corrected chi connectivity index (χ1v) is 7.76. The van der Waals surface area contributed by atoms with E-state index in [1.54, 1.807) is 27.0 Å². The molecule has 1 aromatic heterocycles. The van der Waals surface area contributed by atoms with Gasteiger partial charge in [-0.25, -0.2) is 8.42 Å². The molecule has 6 nitrogen and oxygen atoms in total. The number of nitrogens with one attached hydrogen (secondary N) is 1. The van der Waals surface area contributed by atoms with Gasteiger partial charge in [0, 0.05) is 7.05 Å². The van der Waals surface area contributed by atoms with E-state index in [1.165, 1.54) is 23.0 Å². The Labute approximate surface area is 126 Å². The third kappa shape index (κ3) is 3.35. The van der Waals surface area contributed by atoms with Crippen LogP contribution < -0.4 is 9.46 Å². The topological polar surface area (TPSA) is 73.2 Å². The molecule has 0 saturated heterocycles. The van der Waals surface area contributed by atoms with Crippen molar-refractivity contribution >= 4 is 15.7 Å². The van der Waals surface area contributed by atoms with E-state index in [0.717, 1.165) is 0 Å². The summed E-state index contributed by atoms with van der Waals surface area (Å²) in [5.74, 6) is -0.236. The van der Waals surface area contributed by atoms with E-state index >= 15 is 0 Å². The molecule has 0 amide bonds. The van der Waals surface area contributed by atoms with Crippen molar-refractivity contribution < 1.29 is 21.9 Å². The molecule has 1 aromatic carbocycles. The Bertz CT molecular complexity index is 788. The van der Waals surface area contributed by atoms with Crippen molar-refractivity contribution in [3.05, 3.63) is 35.7 Å². The second-order valence-electron chi connectivity index (χ2n) is 4.70. The van der Waals surface area contributed by atoms with E-state index < -0.39 is 16.6 Å². The quantitative estimate of drug-likeness (QED) is 0.913. The summed E-state index contributed by atoms with van der Waals surface area (Å²) in [6.07, 6.45) is 1.19. The van der Waals surface area contributed by atoms with Gasteiger partial charge in [0.15, 0.2) is 0 Å². The first-order chi connectivity index (χ1) is 10.2. The predicted octanol–water partition coefficient (Wildman–Crippen LogP) is 2.44. The molecule has 22 heavy (non-hydrogen) atoms. The van der Waals surface area contributed by atoms with E-state index in [2.05, 4.69) is 14.6 Å². The maximum absolute atomic E-state index is 12.4. The zero-order chi connectivity index (χ0) is 16.5. The number of rotatable bonds is 5. The van der Waals surface area contributed by atoms with Crippen LogP contribution in [-0.4, -0.2) is 24.8 Å². The SMILES string of the molecule is Cc1ccc(NS(=O)(=O)c2cnn(C)c2C)c(OC(F)F)c1. The zero-order valence-electron chi connectivity index (χ0n) is 12.2. The van der Waals surface area contributed by atoms with Crippen LogP contribution in [0.15, 0.2) is 29.3 Å². The molecule has 0 fully saturated rings. The number of hydrogen-bond acceptors (Lipinski definition) is 4. The van der Waals surface area contributed by atoms with E-state index in [0.29, 0.717) is 11.3 Å². The maximum Gasteiger partial charge on any atom is 0.387 e. The Morgan fingerprint density at radius 2 is 2.00 bits per heavy atom. The molecular formula is C13H15F2N3O3S. The maximum atomic E-state index is 12.4. The smallest absolute Gasteiger partial charge is 0.387 e. The van der Waals surface area contributed by atoms with Crippen LogP contribution in [0.2, 0.25) is 0 Å². The fourth-order valence-corrected chi connectivity index (χ4v) is 3.12. The molecule has 1 heterocycles. The Hall–Kier alpha value is -2.16. The normalized spacial score (nSPS) is 11.7. The zero-order valence-corrected chi connectivity index (χ0v) is 13.0. The van der Waals surface area contributed by atoms with E-state index in [-0.39, 0.29) is 16.3 Å². The standard InChI is InChI=1S/C13H15F2N3O3S/c1-8-4-5-10(11(6-8)21-13(14)15)17-22(19,20)12-7-16-18(3)9(12)2/h4-7,13,17H,1-3H3. The molecule has 0 saturated carbocycles. The average molecular weight is 331 g/mol. The van der Waals surface area contributed by atoms with Crippen LogP contribution in [-0.2, 0) is 17.1 Å². The van der Waals surface area contributed by atoms with Crippen LogP contribution in [0.1, 0.15) is 11.3 Å². The number of hydrogen-bond donors (Lipinski definition) is 1. The van der Waals surface area contributed by atoms with Crippen LogP contribution >= 0.6 is 0 Å². The number of nitrogens with zero attached hydrogens (tertiary/aromatic N) is 2. The predicted molar refractivity (Wildman–Crippen MR) is 76.6 cm³/mol. The summed E-state index contributed by atoms with van der Waals surface area (Å²) in [6.45, 7) is 0.222. The lowest BCUT2D eigenvalue weighted by Gasteiger charge is -2.13. The Balaban J connectivity index is 2.39.